The summed E-state index contributed by atoms with van der Waals surface area (Å²) in [4.78, 5) is 23.0. The first-order chi connectivity index (χ1) is 19.4. The van der Waals surface area contributed by atoms with E-state index in [0.717, 1.165) is 28.8 Å². The number of ether oxygens (including phenoxy) is 3. The molecule has 0 fully saturated rings. The van der Waals surface area contributed by atoms with Gasteiger partial charge in [-0.05, 0) is 24.2 Å². The summed E-state index contributed by atoms with van der Waals surface area (Å²) in [5, 5.41) is 3.25. The zero-order valence-corrected chi connectivity index (χ0v) is 26.1. The quantitative estimate of drug-likeness (QED) is 0.168. The lowest BCUT2D eigenvalue weighted by atomic mass is 9.96. The molecular weight excluding hydrogens is 536 g/mol. The molecule has 0 aliphatic carbocycles. The Hall–Kier alpha value is -4.03. The first-order valence-electron chi connectivity index (χ1n) is 13.5. The number of hydrogen-bond donors (Lipinski definition) is 2. The molecule has 4 heterocycles. The van der Waals surface area contributed by atoms with Crippen LogP contribution in [0.3, 0.4) is 0 Å². The minimum atomic E-state index is -1.26. The van der Waals surface area contributed by atoms with E-state index < -0.39 is 8.07 Å². The van der Waals surface area contributed by atoms with Crippen molar-refractivity contribution >= 4 is 25.5 Å². The van der Waals surface area contributed by atoms with Crippen molar-refractivity contribution in [2.75, 3.05) is 31.9 Å². The van der Waals surface area contributed by atoms with Gasteiger partial charge in [0.25, 0.3) is 0 Å². The number of nitrogen functional groups attached to an aromatic ring is 1. The lowest BCUT2D eigenvalue weighted by Gasteiger charge is -2.22. The molecule has 11 nitrogen and oxygen atoms in total. The van der Waals surface area contributed by atoms with Gasteiger partial charge in [-0.15, -0.1) is 0 Å². The van der Waals surface area contributed by atoms with Gasteiger partial charge in [0.2, 0.25) is 11.8 Å². The number of imidazole rings is 1. The van der Waals surface area contributed by atoms with Crippen molar-refractivity contribution in [3.05, 3.63) is 48.7 Å². The van der Waals surface area contributed by atoms with Crippen LogP contribution >= 0.6 is 0 Å². The molecule has 12 heteroatoms. The molecule has 0 amide bonds. The van der Waals surface area contributed by atoms with Crippen LogP contribution in [0, 0.1) is 0 Å². The maximum absolute atomic E-state index is 6.28. The monoisotopic (exact) mass is 576 g/mol. The van der Waals surface area contributed by atoms with Gasteiger partial charge in [-0.3, -0.25) is 0 Å². The fourth-order valence-electron chi connectivity index (χ4n) is 4.17. The summed E-state index contributed by atoms with van der Waals surface area (Å²) in [5.41, 5.74) is 9.41. The molecule has 3 N–H and O–H groups in total. The van der Waals surface area contributed by atoms with E-state index in [9.17, 15) is 0 Å². The summed E-state index contributed by atoms with van der Waals surface area (Å²) in [6.07, 6.45) is 5.08. The molecule has 0 atom stereocenters. The zero-order chi connectivity index (χ0) is 29.8. The number of nitrogens with zero attached hydrogens (tertiary/aromatic N) is 6. The Morgan fingerprint density at radius 1 is 0.976 bits per heavy atom. The molecule has 4 aromatic heterocycles. The van der Waals surface area contributed by atoms with Crippen molar-refractivity contribution in [3.63, 3.8) is 0 Å². The molecule has 218 valence electrons. The maximum Gasteiger partial charge on any atom is 0.227 e. The van der Waals surface area contributed by atoms with Gasteiger partial charge in [0, 0.05) is 56.0 Å². The van der Waals surface area contributed by atoms with Crippen LogP contribution in [0.5, 0.6) is 11.6 Å². The Morgan fingerprint density at radius 3 is 2.41 bits per heavy atom. The van der Waals surface area contributed by atoms with Crippen molar-refractivity contribution in [2.24, 2.45) is 0 Å². The molecule has 0 aliphatic heterocycles. The first kappa shape index (κ1) is 29.9. The van der Waals surface area contributed by atoms with Crippen LogP contribution in [-0.2, 0) is 16.9 Å². The van der Waals surface area contributed by atoms with Crippen LogP contribution in [0.15, 0.2) is 42.9 Å². The molecule has 0 spiro atoms. The van der Waals surface area contributed by atoms with Crippen molar-refractivity contribution in [2.45, 2.75) is 58.6 Å². The third kappa shape index (κ3) is 7.38. The third-order valence-corrected chi connectivity index (χ3v) is 8.03. The minimum Gasteiger partial charge on any atom is -0.493 e. The Labute approximate surface area is 242 Å². The fraction of sp³-hybridized carbons (Fsp3) is 0.414. The van der Waals surface area contributed by atoms with Gasteiger partial charge in [0.15, 0.2) is 11.6 Å². The van der Waals surface area contributed by atoms with Gasteiger partial charge in [-0.25, -0.2) is 24.9 Å². The fourth-order valence-corrected chi connectivity index (χ4v) is 4.93. The highest BCUT2D eigenvalue weighted by molar-refractivity contribution is 6.76. The maximum atomic E-state index is 6.28. The predicted molar refractivity (Wildman–Crippen MR) is 164 cm³/mol. The van der Waals surface area contributed by atoms with Gasteiger partial charge in [0.1, 0.15) is 18.2 Å². The number of pyridine rings is 2. The second kappa shape index (κ2) is 12.2. The Kier molecular flexibility index (Phi) is 8.93. The zero-order valence-electron chi connectivity index (χ0n) is 25.1. The number of rotatable bonds is 11. The lowest BCUT2D eigenvalue weighted by Crippen LogP contribution is -2.24. The van der Waals surface area contributed by atoms with Crippen molar-refractivity contribution < 1.29 is 14.2 Å². The van der Waals surface area contributed by atoms with E-state index >= 15 is 0 Å². The van der Waals surface area contributed by atoms with E-state index in [1.807, 2.05) is 18.2 Å². The Balaban J connectivity index is 1.85. The molecule has 41 heavy (non-hydrogen) atoms. The number of nitrogens with two attached hydrogens (primary N) is 1. The molecule has 0 saturated carbocycles. The molecular formula is C29H40N8O3Si. The molecule has 4 aromatic rings. The Morgan fingerprint density at radius 2 is 1.73 bits per heavy atom. The molecule has 0 aliphatic rings. The van der Waals surface area contributed by atoms with Crippen LogP contribution in [0.1, 0.15) is 26.6 Å². The van der Waals surface area contributed by atoms with Gasteiger partial charge in [0.05, 0.1) is 25.6 Å². The average molecular weight is 577 g/mol. The second-order valence-corrected chi connectivity index (χ2v) is 17.6. The van der Waals surface area contributed by atoms with Crippen LogP contribution < -0.4 is 20.5 Å². The van der Waals surface area contributed by atoms with Gasteiger partial charge in [-0.1, -0.05) is 40.4 Å². The SMILES string of the molecule is COc1cc(Nc2nccc(-c3c(-c4cnc(N)c(OC)c4)nc(C(C)(C)C)n3COCC[Si](C)(C)C)n2)ccn1. The standard InChI is InChI=1S/C29H40N8O3Si/c1-29(2,3)27-36-24(19-15-22(38-4)26(30)33-17-19)25(37(27)18-40-13-14-41(6,7)8)21-10-12-32-28(35-21)34-20-9-11-31-23(16-20)39-5/h9-12,15-17H,13-14,18H2,1-8H3,(H2,30,33)(H,31,32,34,35). The molecule has 0 aromatic carbocycles. The van der Waals surface area contributed by atoms with Crippen molar-refractivity contribution in [3.8, 4) is 34.3 Å². The third-order valence-electron chi connectivity index (χ3n) is 6.33. The predicted octanol–water partition coefficient (Wildman–Crippen LogP) is 5.75. The summed E-state index contributed by atoms with van der Waals surface area (Å²) < 4.78 is 19.1. The summed E-state index contributed by atoms with van der Waals surface area (Å²) in [5.74, 6) is 2.55. The van der Waals surface area contributed by atoms with E-state index in [1.165, 1.54) is 0 Å². The smallest absolute Gasteiger partial charge is 0.227 e. The van der Waals surface area contributed by atoms with Gasteiger partial charge < -0.3 is 29.8 Å². The summed E-state index contributed by atoms with van der Waals surface area (Å²) in [6, 6.07) is 8.38. The summed E-state index contributed by atoms with van der Waals surface area (Å²) >= 11 is 0. The highest BCUT2D eigenvalue weighted by Crippen LogP contribution is 2.38. The average Bonchev–Trinajstić information content (AvgIpc) is 3.31. The minimum absolute atomic E-state index is 0.290. The number of methoxy groups -OCH3 is 2. The first-order valence-corrected chi connectivity index (χ1v) is 17.2. The van der Waals surface area contributed by atoms with Crippen LogP contribution in [0.25, 0.3) is 22.6 Å². The highest BCUT2D eigenvalue weighted by Gasteiger charge is 2.29. The molecule has 0 saturated heterocycles. The largest absolute Gasteiger partial charge is 0.493 e. The second-order valence-electron chi connectivity index (χ2n) is 11.9. The van der Waals surface area contributed by atoms with Crippen molar-refractivity contribution in [1.82, 2.24) is 29.5 Å². The van der Waals surface area contributed by atoms with E-state index in [1.54, 1.807) is 38.9 Å². The van der Waals surface area contributed by atoms with Gasteiger partial charge in [-0.2, -0.15) is 0 Å². The Bertz CT molecular complexity index is 1490. The summed E-state index contributed by atoms with van der Waals surface area (Å²) in [7, 11) is 1.88. The summed E-state index contributed by atoms with van der Waals surface area (Å²) in [6.45, 7) is 14.4. The highest BCUT2D eigenvalue weighted by atomic mass is 28.3. The van der Waals surface area contributed by atoms with Crippen molar-refractivity contribution in [1.29, 1.82) is 0 Å². The van der Waals surface area contributed by atoms with Gasteiger partial charge >= 0.3 is 0 Å². The molecule has 0 bridgehead atoms. The molecule has 0 unspecified atom stereocenters. The lowest BCUT2D eigenvalue weighted by molar-refractivity contribution is 0.0841. The van der Waals surface area contributed by atoms with E-state index in [4.69, 9.17) is 29.9 Å². The van der Waals surface area contributed by atoms with Crippen LogP contribution in [-0.4, -0.2) is 58.4 Å². The van der Waals surface area contributed by atoms with E-state index in [0.29, 0.717) is 48.1 Å². The topological polar surface area (TPSA) is 135 Å². The molecule has 0 radical (unpaired) electrons. The number of hydrogen-bond acceptors (Lipinski definition) is 10. The normalized spacial score (nSPS) is 11.9. The number of nitrogens with one attached hydrogen (secondary N) is 1. The number of anilines is 3. The van der Waals surface area contributed by atoms with E-state index in [-0.39, 0.29) is 5.41 Å². The van der Waals surface area contributed by atoms with Crippen LogP contribution in [0.4, 0.5) is 17.5 Å². The van der Waals surface area contributed by atoms with E-state index in [2.05, 4.69) is 65.2 Å². The molecule has 4 rings (SSSR count). The van der Waals surface area contributed by atoms with Crippen LogP contribution in [0.2, 0.25) is 25.7 Å². The number of aromatic nitrogens is 6.